The van der Waals surface area contributed by atoms with Gasteiger partial charge in [0.1, 0.15) is 11.6 Å². The van der Waals surface area contributed by atoms with Crippen LogP contribution in [0.5, 0.6) is 0 Å². The van der Waals surface area contributed by atoms with Crippen LogP contribution in [-0.4, -0.2) is 6.54 Å². The minimum absolute atomic E-state index is 0.279. The summed E-state index contributed by atoms with van der Waals surface area (Å²) in [5, 5.41) is 3.01. The van der Waals surface area contributed by atoms with Gasteiger partial charge in [-0.3, -0.25) is 0 Å². The van der Waals surface area contributed by atoms with Crippen molar-refractivity contribution in [3.8, 4) is 0 Å². The molecule has 4 heteroatoms. The molecule has 0 unspecified atom stereocenters. The van der Waals surface area contributed by atoms with Gasteiger partial charge in [0.25, 0.3) is 0 Å². The Balaban J connectivity index is 2.70. The van der Waals surface area contributed by atoms with E-state index in [4.69, 9.17) is 0 Å². The monoisotopic (exact) mass is 291 g/mol. The molecule has 0 fully saturated rings. The number of rotatable bonds is 5. The number of nitrogens with one attached hydrogen (secondary N) is 1. The molecule has 16 heavy (non-hydrogen) atoms. The molecule has 0 aliphatic rings. The third-order valence-corrected chi connectivity index (χ3v) is 3.35. The summed E-state index contributed by atoms with van der Waals surface area (Å²) < 4.78 is 26.6. The molecule has 1 aromatic carbocycles. The third kappa shape index (κ3) is 3.44. The second kappa shape index (κ2) is 6.18. The Kier molecular flexibility index (Phi) is 5.19. The molecule has 0 radical (unpaired) electrons. The Hall–Kier alpha value is -0.640. The first-order chi connectivity index (χ1) is 7.58. The minimum atomic E-state index is -0.578. The van der Waals surface area contributed by atoms with Crippen LogP contribution in [0.4, 0.5) is 14.5 Å². The summed E-state index contributed by atoms with van der Waals surface area (Å²) in [6.07, 6.45) is 2.10. The molecule has 0 saturated carbocycles. The molecule has 0 amide bonds. The van der Waals surface area contributed by atoms with E-state index in [1.165, 1.54) is 6.07 Å². The standard InChI is InChI=1S/C12H16BrF2N/c1-3-8(4-2)7-16-12-5-9(13)10(14)6-11(12)15/h5-6,8,16H,3-4,7H2,1-2H3. The van der Waals surface area contributed by atoms with Gasteiger partial charge in [-0.1, -0.05) is 26.7 Å². The fraction of sp³-hybridized carbons (Fsp3) is 0.500. The number of hydrogen-bond donors (Lipinski definition) is 1. The zero-order valence-corrected chi connectivity index (χ0v) is 11.1. The van der Waals surface area contributed by atoms with Crippen molar-refractivity contribution in [1.82, 2.24) is 0 Å². The van der Waals surface area contributed by atoms with Gasteiger partial charge in [-0.15, -0.1) is 0 Å². The Morgan fingerprint density at radius 2 is 1.81 bits per heavy atom. The predicted octanol–water partition coefficient (Wildman–Crippen LogP) is 4.58. The smallest absolute Gasteiger partial charge is 0.149 e. The summed E-state index contributed by atoms with van der Waals surface area (Å²) >= 11 is 3.04. The average molecular weight is 292 g/mol. The first-order valence-corrected chi connectivity index (χ1v) is 6.26. The molecule has 0 bridgehead atoms. The third-order valence-electron chi connectivity index (χ3n) is 2.75. The molecule has 1 aromatic rings. The first-order valence-electron chi connectivity index (χ1n) is 5.46. The van der Waals surface area contributed by atoms with Gasteiger partial charge in [0.2, 0.25) is 0 Å². The van der Waals surface area contributed by atoms with Crippen molar-refractivity contribution in [2.45, 2.75) is 26.7 Å². The highest BCUT2D eigenvalue weighted by Gasteiger charge is 2.09. The quantitative estimate of drug-likeness (QED) is 0.783. The van der Waals surface area contributed by atoms with E-state index >= 15 is 0 Å². The highest BCUT2D eigenvalue weighted by molar-refractivity contribution is 9.10. The van der Waals surface area contributed by atoms with Crippen LogP contribution in [0.2, 0.25) is 0 Å². The van der Waals surface area contributed by atoms with Crippen LogP contribution in [0.3, 0.4) is 0 Å². The molecule has 0 aliphatic carbocycles. The van der Waals surface area contributed by atoms with Crippen molar-refractivity contribution in [3.63, 3.8) is 0 Å². The minimum Gasteiger partial charge on any atom is -0.382 e. The normalized spacial score (nSPS) is 10.9. The van der Waals surface area contributed by atoms with Crippen LogP contribution in [-0.2, 0) is 0 Å². The Labute approximate surface area is 103 Å². The number of hydrogen-bond acceptors (Lipinski definition) is 1. The molecular formula is C12H16BrF2N. The van der Waals surface area contributed by atoms with Crippen LogP contribution >= 0.6 is 15.9 Å². The van der Waals surface area contributed by atoms with Crippen LogP contribution in [0.1, 0.15) is 26.7 Å². The molecule has 1 rings (SSSR count). The Morgan fingerprint density at radius 1 is 1.19 bits per heavy atom. The summed E-state index contributed by atoms with van der Waals surface area (Å²) in [4.78, 5) is 0. The van der Waals surface area contributed by atoms with Gasteiger partial charge in [-0.2, -0.15) is 0 Å². The van der Waals surface area contributed by atoms with Crippen molar-refractivity contribution < 1.29 is 8.78 Å². The van der Waals surface area contributed by atoms with Gasteiger partial charge in [-0.25, -0.2) is 8.78 Å². The van der Waals surface area contributed by atoms with Crippen molar-refractivity contribution in [3.05, 3.63) is 28.2 Å². The maximum atomic E-state index is 13.4. The lowest BCUT2D eigenvalue weighted by Gasteiger charge is -2.15. The molecule has 0 atom stereocenters. The summed E-state index contributed by atoms with van der Waals surface area (Å²) in [7, 11) is 0. The van der Waals surface area contributed by atoms with E-state index in [0.29, 0.717) is 18.2 Å². The van der Waals surface area contributed by atoms with Crippen LogP contribution in [0.25, 0.3) is 0 Å². The molecule has 1 N–H and O–H groups in total. The first kappa shape index (κ1) is 13.4. The highest BCUT2D eigenvalue weighted by atomic mass is 79.9. The van der Waals surface area contributed by atoms with E-state index in [2.05, 4.69) is 35.1 Å². The van der Waals surface area contributed by atoms with Crippen LogP contribution in [0.15, 0.2) is 16.6 Å². The zero-order chi connectivity index (χ0) is 12.1. The maximum Gasteiger partial charge on any atom is 0.149 e. The lowest BCUT2D eigenvalue weighted by molar-refractivity contribution is 0.516. The highest BCUT2D eigenvalue weighted by Crippen LogP contribution is 2.24. The number of benzene rings is 1. The van der Waals surface area contributed by atoms with Gasteiger partial charge < -0.3 is 5.32 Å². The zero-order valence-electron chi connectivity index (χ0n) is 9.49. The molecule has 1 nitrogen and oxygen atoms in total. The van der Waals surface area contributed by atoms with Crippen molar-refractivity contribution >= 4 is 21.6 Å². The van der Waals surface area contributed by atoms with Gasteiger partial charge in [0, 0.05) is 12.6 Å². The molecule has 0 saturated heterocycles. The van der Waals surface area contributed by atoms with E-state index < -0.39 is 11.6 Å². The summed E-state index contributed by atoms with van der Waals surface area (Å²) in [5.41, 5.74) is 0.347. The fourth-order valence-electron chi connectivity index (χ4n) is 1.49. The summed E-state index contributed by atoms with van der Waals surface area (Å²) in [5.74, 6) is -0.611. The molecule has 0 aliphatic heterocycles. The van der Waals surface area contributed by atoms with Gasteiger partial charge >= 0.3 is 0 Å². The van der Waals surface area contributed by atoms with Gasteiger partial charge in [-0.05, 0) is 27.9 Å². The van der Waals surface area contributed by atoms with Crippen LogP contribution < -0.4 is 5.32 Å². The number of anilines is 1. The molecule has 0 spiro atoms. The number of halogens is 3. The largest absolute Gasteiger partial charge is 0.382 e. The van der Waals surface area contributed by atoms with Gasteiger partial charge in [0.15, 0.2) is 0 Å². The van der Waals surface area contributed by atoms with E-state index in [-0.39, 0.29) is 4.47 Å². The Morgan fingerprint density at radius 3 is 2.38 bits per heavy atom. The van der Waals surface area contributed by atoms with Gasteiger partial charge in [0.05, 0.1) is 10.2 Å². The second-order valence-electron chi connectivity index (χ2n) is 3.81. The average Bonchev–Trinajstić information content (AvgIpc) is 2.26. The summed E-state index contributed by atoms with van der Waals surface area (Å²) in [6.45, 7) is 4.92. The van der Waals surface area contributed by atoms with E-state index in [9.17, 15) is 8.78 Å². The lowest BCUT2D eigenvalue weighted by atomic mass is 10.0. The van der Waals surface area contributed by atoms with E-state index in [1.807, 2.05) is 0 Å². The fourth-order valence-corrected chi connectivity index (χ4v) is 1.83. The Bertz CT molecular complexity index is 351. The second-order valence-corrected chi connectivity index (χ2v) is 4.66. The van der Waals surface area contributed by atoms with E-state index in [0.717, 1.165) is 18.9 Å². The predicted molar refractivity (Wildman–Crippen MR) is 66.6 cm³/mol. The van der Waals surface area contributed by atoms with Crippen molar-refractivity contribution in [1.29, 1.82) is 0 Å². The summed E-state index contributed by atoms with van der Waals surface area (Å²) in [6, 6.07) is 2.33. The molecule has 0 aromatic heterocycles. The van der Waals surface area contributed by atoms with Crippen LogP contribution in [0, 0.1) is 17.6 Å². The topological polar surface area (TPSA) is 12.0 Å². The lowest BCUT2D eigenvalue weighted by Crippen LogP contribution is -2.13. The molecule has 90 valence electrons. The van der Waals surface area contributed by atoms with Crippen molar-refractivity contribution in [2.75, 3.05) is 11.9 Å². The SMILES string of the molecule is CCC(CC)CNc1cc(Br)c(F)cc1F. The van der Waals surface area contributed by atoms with Crippen molar-refractivity contribution in [2.24, 2.45) is 5.92 Å². The van der Waals surface area contributed by atoms with E-state index in [1.54, 1.807) is 0 Å². The maximum absolute atomic E-state index is 13.4. The molecular weight excluding hydrogens is 276 g/mol. The molecule has 0 heterocycles.